The molecule has 0 bridgehead atoms. The summed E-state index contributed by atoms with van der Waals surface area (Å²) in [6, 6.07) is 9.85. The van der Waals surface area contributed by atoms with Gasteiger partial charge in [0.05, 0.1) is 0 Å². The lowest BCUT2D eigenvalue weighted by Gasteiger charge is -2.34. The van der Waals surface area contributed by atoms with Gasteiger partial charge in [0.1, 0.15) is 0 Å². The third-order valence-corrected chi connectivity index (χ3v) is 5.48. The highest BCUT2D eigenvalue weighted by molar-refractivity contribution is 6.17. The molecule has 1 aromatic carbocycles. The van der Waals surface area contributed by atoms with E-state index in [-0.39, 0.29) is 5.91 Å². The quantitative estimate of drug-likeness (QED) is 0.603. The molecule has 2 saturated heterocycles. The van der Waals surface area contributed by atoms with Crippen molar-refractivity contribution < 1.29 is 4.79 Å². The number of carbonyl (C=O) groups excluding carboxylic acids is 1. The maximum atomic E-state index is 11.9. The van der Waals surface area contributed by atoms with Crippen molar-refractivity contribution in [2.45, 2.75) is 63.5 Å². The van der Waals surface area contributed by atoms with E-state index >= 15 is 0 Å². The third-order valence-electron chi connectivity index (χ3n) is 5.21. The number of carbonyl (C=O) groups is 1. The molecule has 0 unspecified atom stereocenters. The Morgan fingerprint density at radius 3 is 2.74 bits per heavy atom. The number of piperidine rings is 1. The summed E-state index contributed by atoms with van der Waals surface area (Å²) in [7, 11) is 0. The van der Waals surface area contributed by atoms with Gasteiger partial charge in [0, 0.05) is 30.1 Å². The third kappa shape index (κ3) is 4.27. The molecule has 0 spiro atoms. The van der Waals surface area contributed by atoms with E-state index in [0.29, 0.717) is 18.3 Å². The van der Waals surface area contributed by atoms with Gasteiger partial charge in [-0.1, -0.05) is 18.6 Å². The van der Waals surface area contributed by atoms with Crippen LogP contribution < -0.4 is 5.32 Å². The lowest BCUT2D eigenvalue weighted by atomic mass is 10.0. The van der Waals surface area contributed by atoms with Gasteiger partial charge in [-0.05, 0) is 62.8 Å². The Balaban J connectivity index is 1.56. The van der Waals surface area contributed by atoms with E-state index in [2.05, 4.69) is 22.3 Å². The summed E-state index contributed by atoms with van der Waals surface area (Å²) in [5.74, 6) is 0.709. The molecule has 0 aliphatic carbocycles. The average molecular weight is 335 g/mol. The second kappa shape index (κ2) is 8.16. The van der Waals surface area contributed by atoms with Crippen molar-refractivity contribution in [3.05, 3.63) is 29.8 Å². The minimum absolute atomic E-state index is 0.0832. The molecule has 3 rings (SSSR count). The zero-order valence-corrected chi connectivity index (χ0v) is 14.5. The van der Waals surface area contributed by atoms with Crippen LogP contribution in [0.1, 0.15) is 63.0 Å². The van der Waals surface area contributed by atoms with E-state index in [1.807, 2.05) is 12.1 Å². The molecular formula is C19H27ClN2O. The van der Waals surface area contributed by atoms with Crippen molar-refractivity contribution in [1.82, 2.24) is 4.90 Å². The molecule has 4 heteroatoms. The summed E-state index contributed by atoms with van der Waals surface area (Å²) < 4.78 is 0. The second-order valence-electron chi connectivity index (χ2n) is 6.80. The van der Waals surface area contributed by atoms with Crippen LogP contribution in [0, 0.1) is 0 Å². The van der Waals surface area contributed by atoms with Crippen LogP contribution in [0.2, 0.25) is 0 Å². The van der Waals surface area contributed by atoms with Crippen LogP contribution in [-0.4, -0.2) is 29.3 Å². The molecule has 2 fully saturated rings. The van der Waals surface area contributed by atoms with Gasteiger partial charge in [0.15, 0.2) is 0 Å². The van der Waals surface area contributed by atoms with Crippen LogP contribution in [0.4, 0.5) is 5.69 Å². The Morgan fingerprint density at radius 2 is 1.96 bits per heavy atom. The summed E-state index contributed by atoms with van der Waals surface area (Å²) in [6.45, 7) is 1.24. The Morgan fingerprint density at radius 1 is 1.13 bits per heavy atom. The summed E-state index contributed by atoms with van der Waals surface area (Å²) in [6.07, 6.45) is 9.00. The zero-order chi connectivity index (χ0) is 16.1. The van der Waals surface area contributed by atoms with Crippen molar-refractivity contribution >= 4 is 23.2 Å². The molecule has 1 amide bonds. The van der Waals surface area contributed by atoms with E-state index in [0.717, 1.165) is 24.6 Å². The fraction of sp³-hybridized carbons (Fsp3) is 0.632. The highest BCUT2D eigenvalue weighted by Gasteiger charge is 2.35. The Kier molecular flexibility index (Phi) is 5.96. The highest BCUT2D eigenvalue weighted by Crippen LogP contribution is 2.40. The number of nitrogens with zero attached hydrogens (tertiary/aromatic N) is 1. The zero-order valence-electron chi connectivity index (χ0n) is 13.8. The van der Waals surface area contributed by atoms with E-state index in [4.69, 9.17) is 11.6 Å². The first-order valence-electron chi connectivity index (χ1n) is 8.99. The number of benzene rings is 1. The molecule has 0 saturated carbocycles. The van der Waals surface area contributed by atoms with Gasteiger partial charge >= 0.3 is 0 Å². The number of fused-ring (bicyclic) bond motifs is 1. The molecule has 3 nitrogen and oxygen atoms in total. The fourth-order valence-electron chi connectivity index (χ4n) is 4.01. The molecule has 2 aliphatic heterocycles. The standard InChI is InChI=1S/C19H27ClN2O/c20-13-3-1-6-19(23)21-16-9-7-15(8-10-16)18-12-11-17-5-2-4-14-22(17)18/h7-10,17-18H,1-6,11-14H2,(H,21,23)/t17-,18-/m1/s1. The summed E-state index contributed by atoms with van der Waals surface area (Å²) >= 11 is 5.64. The van der Waals surface area contributed by atoms with Crippen molar-refractivity contribution in [2.24, 2.45) is 0 Å². The number of hydrogen-bond donors (Lipinski definition) is 1. The minimum Gasteiger partial charge on any atom is -0.326 e. The molecule has 0 aromatic heterocycles. The van der Waals surface area contributed by atoms with E-state index < -0.39 is 0 Å². The maximum Gasteiger partial charge on any atom is 0.224 e. The summed E-state index contributed by atoms with van der Waals surface area (Å²) in [5.41, 5.74) is 2.30. The van der Waals surface area contributed by atoms with Gasteiger partial charge in [-0.3, -0.25) is 9.69 Å². The first-order valence-corrected chi connectivity index (χ1v) is 9.53. The highest BCUT2D eigenvalue weighted by atomic mass is 35.5. The topological polar surface area (TPSA) is 32.3 Å². The van der Waals surface area contributed by atoms with Gasteiger partial charge in [0.25, 0.3) is 0 Å². The smallest absolute Gasteiger partial charge is 0.224 e. The van der Waals surface area contributed by atoms with Gasteiger partial charge in [-0.25, -0.2) is 0 Å². The molecule has 2 heterocycles. The van der Waals surface area contributed by atoms with Gasteiger partial charge in [0.2, 0.25) is 5.91 Å². The van der Waals surface area contributed by atoms with Crippen LogP contribution in [0.5, 0.6) is 0 Å². The summed E-state index contributed by atoms with van der Waals surface area (Å²) in [5, 5.41) is 2.98. The lowest BCUT2D eigenvalue weighted by Crippen LogP contribution is -2.35. The second-order valence-corrected chi connectivity index (χ2v) is 7.17. The normalized spacial score (nSPS) is 24.4. The van der Waals surface area contributed by atoms with Crippen LogP contribution in [0.3, 0.4) is 0 Å². The number of unbranched alkanes of at least 4 members (excludes halogenated alkanes) is 1. The number of hydrogen-bond acceptors (Lipinski definition) is 2. The number of amides is 1. The predicted molar refractivity (Wildman–Crippen MR) is 96.0 cm³/mol. The molecule has 2 aliphatic rings. The first-order chi connectivity index (χ1) is 11.3. The predicted octanol–water partition coefficient (Wildman–Crippen LogP) is 4.72. The minimum atomic E-state index is 0.0832. The number of nitrogens with one attached hydrogen (secondary N) is 1. The summed E-state index contributed by atoms with van der Waals surface area (Å²) in [4.78, 5) is 14.6. The van der Waals surface area contributed by atoms with Crippen molar-refractivity contribution in [3.63, 3.8) is 0 Å². The maximum absolute atomic E-state index is 11.9. The molecule has 1 aromatic rings. The number of rotatable bonds is 6. The average Bonchev–Trinajstić information content (AvgIpc) is 3.00. The van der Waals surface area contributed by atoms with Gasteiger partial charge in [-0.2, -0.15) is 0 Å². The van der Waals surface area contributed by atoms with E-state index in [9.17, 15) is 4.79 Å². The largest absolute Gasteiger partial charge is 0.326 e. The molecular weight excluding hydrogens is 308 g/mol. The van der Waals surface area contributed by atoms with Crippen LogP contribution in [0.15, 0.2) is 24.3 Å². The van der Waals surface area contributed by atoms with E-state index in [1.165, 1.54) is 44.2 Å². The first kappa shape index (κ1) is 16.8. The van der Waals surface area contributed by atoms with Crippen LogP contribution in [0.25, 0.3) is 0 Å². The molecule has 2 atom stereocenters. The van der Waals surface area contributed by atoms with Gasteiger partial charge < -0.3 is 5.32 Å². The number of halogens is 1. The molecule has 126 valence electrons. The molecule has 0 radical (unpaired) electrons. The fourth-order valence-corrected chi connectivity index (χ4v) is 4.20. The SMILES string of the molecule is O=C(CCCCCl)Nc1ccc([C@H]2CC[C@H]3CCCCN32)cc1. The van der Waals surface area contributed by atoms with Crippen LogP contribution >= 0.6 is 11.6 Å². The van der Waals surface area contributed by atoms with Crippen molar-refractivity contribution in [1.29, 1.82) is 0 Å². The Hall–Kier alpha value is -1.06. The molecule has 1 N–H and O–H groups in total. The van der Waals surface area contributed by atoms with E-state index in [1.54, 1.807) is 0 Å². The van der Waals surface area contributed by atoms with Crippen LogP contribution in [-0.2, 0) is 4.79 Å². The Bertz CT molecular complexity index is 517. The monoisotopic (exact) mass is 334 g/mol. The van der Waals surface area contributed by atoms with Crippen molar-refractivity contribution in [2.75, 3.05) is 17.7 Å². The van der Waals surface area contributed by atoms with Crippen molar-refractivity contribution in [3.8, 4) is 0 Å². The van der Waals surface area contributed by atoms with Gasteiger partial charge in [-0.15, -0.1) is 11.6 Å². The number of alkyl halides is 1. The lowest BCUT2D eigenvalue weighted by molar-refractivity contribution is -0.116. The Labute approximate surface area is 144 Å². The molecule has 23 heavy (non-hydrogen) atoms. The number of anilines is 1.